The lowest BCUT2D eigenvalue weighted by molar-refractivity contribution is 0.437. The lowest BCUT2D eigenvalue weighted by atomic mass is 9.84. The average Bonchev–Trinajstić information content (AvgIpc) is 2.86. The third kappa shape index (κ3) is 2.22. The van der Waals surface area contributed by atoms with Crippen molar-refractivity contribution in [3.05, 3.63) is 29.3 Å². The van der Waals surface area contributed by atoms with Crippen LogP contribution in [0.15, 0.2) is 18.2 Å². The fraction of sp³-hybridized carbons (Fsp3) is 0.571. The Morgan fingerprint density at radius 3 is 2.44 bits per heavy atom. The van der Waals surface area contributed by atoms with Crippen LogP contribution >= 0.6 is 0 Å². The minimum absolute atomic E-state index is 0.0224. The monoisotopic (exact) mass is 219 g/mol. The van der Waals surface area contributed by atoms with E-state index in [2.05, 4.69) is 20.8 Å². The summed E-state index contributed by atoms with van der Waals surface area (Å²) in [5, 5.41) is 10.3. The molecular formula is C14H21NO. The van der Waals surface area contributed by atoms with Crippen LogP contribution in [0.4, 0.5) is 0 Å². The highest BCUT2D eigenvalue weighted by Gasteiger charge is 2.39. The lowest BCUT2D eigenvalue weighted by Crippen LogP contribution is -2.25. The van der Waals surface area contributed by atoms with E-state index in [0.29, 0.717) is 5.75 Å². The van der Waals surface area contributed by atoms with Crippen molar-refractivity contribution in [1.82, 2.24) is 0 Å². The Morgan fingerprint density at radius 1 is 1.31 bits per heavy atom. The zero-order valence-corrected chi connectivity index (χ0v) is 10.4. The van der Waals surface area contributed by atoms with Gasteiger partial charge in [0.25, 0.3) is 0 Å². The van der Waals surface area contributed by atoms with E-state index in [9.17, 15) is 5.11 Å². The first-order valence-corrected chi connectivity index (χ1v) is 5.92. The average molecular weight is 219 g/mol. The van der Waals surface area contributed by atoms with Crippen LogP contribution in [0.2, 0.25) is 0 Å². The molecule has 0 atom stereocenters. The van der Waals surface area contributed by atoms with E-state index in [1.54, 1.807) is 0 Å². The SMILES string of the molecule is CC(C)(C)c1cccc(CC2(N)CC2)c1O. The highest BCUT2D eigenvalue weighted by atomic mass is 16.3. The minimum atomic E-state index is -0.0476. The summed E-state index contributed by atoms with van der Waals surface area (Å²) in [7, 11) is 0. The van der Waals surface area contributed by atoms with Gasteiger partial charge in [-0.3, -0.25) is 0 Å². The summed E-state index contributed by atoms with van der Waals surface area (Å²) in [5.41, 5.74) is 8.03. The lowest BCUT2D eigenvalue weighted by Gasteiger charge is -2.22. The number of benzene rings is 1. The first kappa shape index (κ1) is 11.5. The molecule has 2 nitrogen and oxygen atoms in total. The highest BCUT2D eigenvalue weighted by Crippen LogP contribution is 2.40. The molecule has 2 rings (SSSR count). The smallest absolute Gasteiger partial charge is 0.122 e. The van der Waals surface area contributed by atoms with E-state index >= 15 is 0 Å². The molecule has 0 aromatic heterocycles. The molecule has 2 heteroatoms. The molecule has 0 bridgehead atoms. The molecule has 16 heavy (non-hydrogen) atoms. The van der Waals surface area contributed by atoms with Crippen molar-refractivity contribution < 1.29 is 5.11 Å². The largest absolute Gasteiger partial charge is 0.507 e. The van der Waals surface area contributed by atoms with E-state index < -0.39 is 0 Å². The molecule has 0 spiro atoms. The Labute approximate surface area is 97.5 Å². The second-order valence-corrected chi connectivity index (χ2v) is 6.10. The molecule has 1 fully saturated rings. The number of hydrogen-bond donors (Lipinski definition) is 2. The van der Waals surface area contributed by atoms with E-state index in [-0.39, 0.29) is 11.0 Å². The Morgan fingerprint density at radius 2 is 1.94 bits per heavy atom. The van der Waals surface area contributed by atoms with Crippen LogP contribution in [0.1, 0.15) is 44.7 Å². The molecule has 1 saturated carbocycles. The number of phenolic OH excluding ortho intramolecular Hbond substituents is 1. The van der Waals surface area contributed by atoms with E-state index in [4.69, 9.17) is 5.73 Å². The van der Waals surface area contributed by atoms with Crippen LogP contribution in [0, 0.1) is 0 Å². The number of nitrogens with two attached hydrogens (primary N) is 1. The molecule has 1 aromatic rings. The van der Waals surface area contributed by atoms with Gasteiger partial charge in [0, 0.05) is 5.54 Å². The van der Waals surface area contributed by atoms with Crippen LogP contribution in [0.3, 0.4) is 0 Å². The quantitative estimate of drug-likeness (QED) is 0.803. The Bertz CT molecular complexity index is 400. The van der Waals surface area contributed by atoms with Crippen molar-refractivity contribution in [1.29, 1.82) is 0 Å². The van der Waals surface area contributed by atoms with E-state index in [0.717, 1.165) is 30.4 Å². The zero-order chi connectivity index (χ0) is 12.0. The van der Waals surface area contributed by atoms with Gasteiger partial charge in [-0.2, -0.15) is 0 Å². The van der Waals surface area contributed by atoms with Gasteiger partial charge in [-0.25, -0.2) is 0 Å². The van der Waals surface area contributed by atoms with Crippen molar-refractivity contribution in [3.8, 4) is 5.75 Å². The molecule has 0 unspecified atom stereocenters. The van der Waals surface area contributed by atoms with Crippen molar-refractivity contribution in [2.75, 3.05) is 0 Å². The van der Waals surface area contributed by atoms with Gasteiger partial charge in [0.05, 0.1) is 0 Å². The summed E-state index contributed by atoms with van der Waals surface area (Å²) in [4.78, 5) is 0. The maximum atomic E-state index is 10.3. The normalized spacial score (nSPS) is 18.5. The fourth-order valence-electron chi connectivity index (χ4n) is 2.06. The second kappa shape index (κ2) is 3.49. The topological polar surface area (TPSA) is 46.2 Å². The number of phenols is 1. The zero-order valence-electron chi connectivity index (χ0n) is 10.4. The molecule has 0 heterocycles. The van der Waals surface area contributed by atoms with Gasteiger partial charge < -0.3 is 10.8 Å². The van der Waals surface area contributed by atoms with E-state index in [1.165, 1.54) is 0 Å². The third-order valence-corrected chi connectivity index (χ3v) is 3.36. The fourth-order valence-corrected chi connectivity index (χ4v) is 2.06. The molecule has 0 saturated heterocycles. The molecule has 1 aromatic carbocycles. The van der Waals surface area contributed by atoms with E-state index in [1.807, 2.05) is 18.2 Å². The summed E-state index contributed by atoms with van der Waals surface area (Å²) in [5.74, 6) is 0.437. The molecule has 1 aliphatic rings. The van der Waals surface area contributed by atoms with Crippen LogP contribution < -0.4 is 5.73 Å². The second-order valence-electron chi connectivity index (χ2n) is 6.10. The van der Waals surface area contributed by atoms with Crippen LogP contribution in [-0.4, -0.2) is 10.6 Å². The Hall–Kier alpha value is -1.02. The van der Waals surface area contributed by atoms with Crippen LogP contribution in [-0.2, 0) is 11.8 Å². The maximum absolute atomic E-state index is 10.3. The Balaban J connectivity index is 2.33. The van der Waals surface area contributed by atoms with Crippen LogP contribution in [0.25, 0.3) is 0 Å². The molecule has 1 aliphatic carbocycles. The number of rotatable bonds is 2. The van der Waals surface area contributed by atoms with Crippen molar-refractivity contribution in [3.63, 3.8) is 0 Å². The van der Waals surface area contributed by atoms with Gasteiger partial charge in [0.15, 0.2) is 0 Å². The van der Waals surface area contributed by atoms with Gasteiger partial charge >= 0.3 is 0 Å². The van der Waals surface area contributed by atoms with Gasteiger partial charge in [0.2, 0.25) is 0 Å². The first-order valence-electron chi connectivity index (χ1n) is 5.92. The predicted molar refractivity (Wildman–Crippen MR) is 66.7 cm³/mol. The predicted octanol–water partition coefficient (Wildman–Crippen LogP) is 2.72. The number of para-hydroxylation sites is 1. The first-order chi connectivity index (χ1) is 7.32. The summed E-state index contributed by atoms with van der Waals surface area (Å²) in [6.45, 7) is 6.34. The molecule has 0 radical (unpaired) electrons. The molecule has 3 N–H and O–H groups in total. The number of hydrogen-bond acceptors (Lipinski definition) is 2. The van der Waals surface area contributed by atoms with Crippen LogP contribution in [0.5, 0.6) is 5.75 Å². The summed E-state index contributed by atoms with van der Waals surface area (Å²) in [6.07, 6.45) is 2.95. The van der Waals surface area contributed by atoms with Gasteiger partial charge in [-0.05, 0) is 35.8 Å². The molecular weight excluding hydrogens is 198 g/mol. The molecule has 88 valence electrons. The minimum Gasteiger partial charge on any atom is -0.507 e. The summed E-state index contributed by atoms with van der Waals surface area (Å²) in [6, 6.07) is 5.99. The standard InChI is InChI=1S/C14H21NO/c1-13(2,3)11-6-4-5-10(12(11)16)9-14(15)7-8-14/h4-6,16H,7-9,15H2,1-3H3. The Kier molecular flexibility index (Phi) is 2.50. The van der Waals surface area contributed by atoms with Crippen molar-refractivity contribution in [2.24, 2.45) is 5.73 Å². The number of aromatic hydroxyl groups is 1. The van der Waals surface area contributed by atoms with Crippen molar-refractivity contribution in [2.45, 2.75) is 51.0 Å². The van der Waals surface area contributed by atoms with Gasteiger partial charge in [-0.15, -0.1) is 0 Å². The van der Waals surface area contributed by atoms with Gasteiger partial charge in [-0.1, -0.05) is 39.0 Å². The van der Waals surface area contributed by atoms with Gasteiger partial charge in [0.1, 0.15) is 5.75 Å². The van der Waals surface area contributed by atoms with Crippen molar-refractivity contribution >= 4 is 0 Å². The molecule has 0 amide bonds. The highest BCUT2D eigenvalue weighted by molar-refractivity contribution is 5.45. The molecule has 0 aliphatic heterocycles. The maximum Gasteiger partial charge on any atom is 0.122 e. The third-order valence-electron chi connectivity index (χ3n) is 3.36. The summed E-state index contributed by atoms with van der Waals surface area (Å²) < 4.78 is 0. The summed E-state index contributed by atoms with van der Waals surface area (Å²) >= 11 is 0.